The highest BCUT2D eigenvalue weighted by atomic mass is 16.5. The van der Waals surface area contributed by atoms with E-state index in [0.29, 0.717) is 24.7 Å². The minimum Gasteiger partial charge on any atom is -0.466 e. The lowest BCUT2D eigenvalue weighted by Gasteiger charge is -2.01. The first kappa shape index (κ1) is 12.6. The van der Waals surface area contributed by atoms with E-state index in [1.165, 1.54) is 6.21 Å². The molecule has 0 spiro atoms. The summed E-state index contributed by atoms with van der Waals surface area (Å²) in [5.74, 6) is 0.667. The van der Waals surface area contributed by atoms with Crippen molar-refractivity contribution in [1.29, 1.82) is 0 Å². The Hall–Kier alpha value is -1.85. The van der Waals surface area contributed by atoms with E-state index in [1.54, 1.807) is 6.92 Å². The van der Waals surface area contributed by atoms with Gasteiger partial charge in [0.2, 0.25) is 0 Å². The van der Waals surface area contributed by atoms with E-state index in [-0.39, 0.29) is 12.4 Å². The maximum Gasteiger partial charge on any atom is 0.306 e. The van der Waals surface area contributed by atoms with Crippen molar-refractivity contribution in [3.05, 3.63) is 17.0 Å². The molecule has 1 N–H and O–H groups in total. The van der Waals surface area contributed by atoms with Gasteiger partial charge in [0.15, 0.2) is 5.76 Å². The largest absolute Gasteiger partial charge is 0.466 e. The molecule has 1 aromatic rings. The van der Waals surface area contributed by atoms with Crippen LogP contribution in [0.25, 0.3) is 0 Å². The molecule has 0 aromatic carbocycles. The SMILES string of the molecule is CCOC(=O)CCc1noc(/C=N/O)c1C1CC1. The lowest BCUT2D eigenvalue weighted by Crippen LogP contribution is -2.06. The van der Waals surface area contributed by atoms with Crippen molar-refractivity contribution in [1.82, 2.24) is 5.16 Å². The molecule has 0 atom stereocenters. The van der Waals surface area contributed by atoms with E-state index in [0.717, 1.165) is 24.1 Å². The molecule has 0 amide bonds. The highest BCUT2D eigenvalue weighted by Gasteiger charge is 2.32. The molecule has 1 aliphatic rings. The summed E-state index contributed by atoms with van der Waals surface area (Å²) in [4.78, 5) is 11.3. The second kappa shape index (κ2) is 5.66. The zero-order valence-corrected chi connectivity index (χ0v) is 10.3. The third-order valence-electron chi connectivity index (χ3n) is 2.86. The van der Waals surface area contributed by atoms with Gasteiger partial charge in [0.05, 0.1) is 18.7 Å². The van der Waals surface area contributed by atoms with E-state index in [1.807, 2.05) is 0 Å². The van der Waals surface area contributed by atoms with Crippen LogP contribution in [-0.4, -0.2) is 29.2 Å². The van der Waals surface area contributed by atoms with Crippen molar-refractivity contribution in [2.24, 2.45) is 5.16 Å². The second-order valence-corrected chi connectivity index (χ2v) is 4.23. The number of carbonyl (C=O) groups excluding carboxylic acids is 1. The normalized spacial score (nSPS) is 15.2. The van der Waals surface area contributed by atoms with Crippen LogP contribution < -0.4 is 0 Å². The van der Waals surface area contributed by atoms with Crippen molar-refractivity contribution in [2.45, 2.75) is 38.5 Å². The van der Waals surface area contributed by atoms with Gasteiger partial charge in [-0.2, -0.15) is 0 Å². The van der Waals surface area contributed by atoms with Crippen LogP contribution in [0.1, 0.15) is 49.1 Å². The van der Waals surface area contributed by atoms with Gasteiger partial charge in [-0.1, -0.05) is 10.3 Å². The van der Waals surface area contributed by atoms with Gasteiger partial charge in [-0.15, -0.1) is 0 Å². The number of hydrogen-bond donors (Lipinski definition) is 1. The Morgan fingerprint density at radius 2 is 2.44 bits per heavy atom. The van der Waals surface area contributed by atoms with E-state index in [4.69, 9.17) is 14.5 Å². The van der Waals surface area contributed by atoms with Gasteiger partial charge >= 0.3 is 5.97 Å². The number of aryl methyl sites for hydroxylation is 1. The highest BCUT2D eigenvalue weighted by molar-refractivity contribution is 5.78. The first-order valence-corrected chi connectivity index (χ1v) is 6.07. The number of rotatable bonds is 6. The summed E-state index contributed by atoms with van der Waals surface area (Å²) in [5, 5.41) is 15.5. The van der Waals surface area contributed by atoms with Crippen molar-refractivity contribution in [3.8, 4) is 0 Å². The third kappa shape index (κ3) is 2.88. The minimum atomic E-state index is -0.236. The Labute approximate surface area is 105 Å². The number of carbonyl (C=O) groups is 1. The van der Waals surface area contributed by atoms with Crippen molar-refractivity contribution < 1.29 is 19.3 Å². The molecule has 6 nitrogen and oxygen atoms in total. The van der Waals surface area contributed by atoms with Crippen LogP contribution in [0.5, 0.6) is 0 Å². The first-order valence-electron chi connectivity index (χ1n) is 6.07. The Bertz CT molecular complexity index is 449. The Balaban J connectivity index is 2.05. The quantitative estimate of drug-likeness (QED) is 0.361. The van der Waals surface area contributed by atoms with Gasteiger partial charge < -0.3 is 14.5 Å². The molecule has 1 fully saturated rings. The molecule has 2 rings (SSSR count). The van der Waals surface area contributed by atoms with Crippen molar-refractivity contribution in [2.75, 3.05) is 6.61 Å². The molecule has 6 heteroatoms. The number of hydrogen-bond acceptors (Lipinski definition) is 6. The molecular weight excluding hydrogens is 236 g/mol. The summed E-state index contributed by atoms with van der Waals surface area (Å²) >= 11 is 0. The van der Waals surface area contributed by atoms with E-state index < -0.39 is 0 Å². The molecule has 0 unspecified atom stereocenters. The summed E-state index contributed by atoms with van der Waals surface area (Å²) in [6.07, 6.45) is 4.19. The van der Waals surface area contributed by atoms with Crippen molar-refractivity contribution >= 4 is 12.2 Å². The van der Waals surface area contributed by atoms with Crippen LogP contribution >= 0.6 is 0 Å². The molecule has 0 aliphatic heterocycles. The van der Waals surface area contributed by atoms with Gasteiger partial charge in [0.25, 0.3) is 0 Å². The molecule has 18 heavy (non-hydrogen) atoms. The number of oxime groups is 1. The monoisotopic (exact) mass is 252 g/mol. The summed E-state index contributed by atoms with van der Waals surface area (Å²) in [7, 11) is 0. The fourth-order valence-corrected chi connectivity index (χ4v) is 1.93. The summed E-state index contributed by atoms with van der Waals surface area (Å²) in [6.45, 7) is 2.16. The zero-order chi connectivity index (χ0) is 13.0. The van der Waals surface area contributed by atoms with Crippen molar-refractivity contribution in [3.63, 3.8) is 0 Å². The Morgan fingerprint density at radius 1 is 1.67 bits per heavy atom. The van der Waals surface area contributed by atoms with Gasteiger partial charge in [0, 0.05) is 12.0 Å². The van der Waals surface area contributed by atoms with Crippen LogP contribution in [0.15, 0.2) is 9.68 Å². The third-order valence-corrected chi connectivity index (χ3v) is 2.86. The maximum absolute atomic E-state index is 11.3. The van der Waals surface area contributed by atoms with Gasteiger partial charge in [-0.25, -0.2) is 0 Å². The van der Waals surface area contributed by atoms with Crippen LogP contribution in [0.3, 0.4) is 0 Å². The lowest BCUT2D eigenvalue weighted by molar-refractivity contribution is -0.143. The molecule has 0 saturated heterocycles. The van der Waals surface area contributed by atoms with E-state index >= 15 is 0 Å². The topological polar surface area (TPSA) is 84.9 Å². The van der Waals surface area contributed by atoms with Crippen LogP contribution in [0, 0.1) is 0 Å². The average Bonchev–Trinajstić information content (AvgIpc) is 3.10. The molecule has 1 aliphatic carbocycles. The van der Waals surface area contributed by atoms with Crippen LogP contribution in [-0.2, 0) is 16.0 Å². The number of ether oxygens (including phenoxy) is 1. The lowest BCUT2D eigenvalue weighted by atomic mass is 10.1. The fraction of sp³-hybridized carbons (Fsp3) is 0.583. The molecule has 1 aromatic heterocycles. The summed E-state index contributed by atoms with van der Waals surface area (Å²) < 4.78 is 9.99. The molecule has 0 bridgehead atoms. The standard InChI is InChI=1S/C12H16N2O4/c1-2-17-11(15)6-5-9-12(8-3-4-8)10(7-13-16)18-14-9/h7-8,16H,2-6H2,1H3/b13-7+. The minimum absolute atomic E-state index is 0.236. The Kier molecular flexibility index (Phi) is 3.96. The predicted molar refractivity (Wildman–Crippen MR) is 62.8 cm³/mol. The van der Waals surface area contributed by atoms with E-state index in [9.17, 15) is 4.79 Å². The Morgan fingerprint density at radius 3 is 3.06 bits per heavy atom. The average molecular weight is 252 g/mol. The maximum atomic E-state index is 11.3. The number of nitrogens with zero attached hydrogens (tertiary/aromatic N) is 2. The second-order valence-electron chi connectivity index (χ2n) is 4.23. The van der Waals surface area contributed by atoms with Crippen LogP contribution in [0.4, 0.5) is 0 Å². The molecule has 1 saturated carbocycles. The molecular formula is C12H16N2O4. The number of aromatic nitrogens is 1. The van der Waals surface area contributed by atoms with Crippen LogP contribution in [0.2, 0.25) is 0 Å². The molecule has 1 heterocycles. The van der Waals surface area contributed by atoms with Gasteiger partial charge in [-0.05, 0) is 25.7 Å². The zero-order valence-electron chi connectivity index (χ0n) is 10.3. The predicted octanol–water partition coefficient (Wildman–Crippen LogP) is 1.86. The smallest absolute Gasteiger partial charge is 0.306 e. The molecule has 0 radical (unpaired) electrons. The summed E-state index contributed by atoms with van der Waals surface area (Å²) in [6, 6.07) is 0. The number of esters is 1. The van der Waals surface area contributed by atoms with E-state index in [2.05, 4.69) is 10.3 Å². The summed E-state index contributed by atoms with van der Waals surface area (Å²) in [5.41, 5.74) is 1.73. The fourth-order valence-electron chi connectivity index (χ4n) is 1.93. The first-order chi connectivity index (χ1) is 8.76. The molecule has 98 valence electrons. The van der Waals surface area contributed by atoms with Gasteiger partial charge in [-0.3, -0.25) is 4.79 Å². The van der Waals surface area contributed by atoms with Gasteiger partial charge in [0.1, 0.15) is 6.21 Å². The highest BCUT2D eigenvalue weighted by Crippen LogP contribution is 2.43.